The Morgan fingerprint density at radius 2 is 2.14 bits per heavy atom. The summed E-state index contributed by atoms with van der Waals surface area (Å²) in [6.07, 6.45) is -0.532. The van der Waals surface area contributed by atoms with E-state index >= 15 is 0 Å². The Hall–Kier alpha value is 0.374. The summed E-state index contributed by atoms with van der Waals surface area (Å²) in [5, 5.41) is 3.15. The van der Waals surface area contributed by atoms with Gasteiger partial charge in [0.2, 0.25) is 6.09 Å². The molecule has 0 aliphatic heterocycles. The first-order chi connectivity index (χ1) is 2.81. The summed E-state index contributed by atoms with van der Waals surface area (Å²) in [6, 6.07) is 0. The van der Waals surface area contributed by atoms with Gasteiger partial charge in [0, 0.05) is 32.7 Å². The maximum Gasteiger partial charge on any atom is 0.228 e. The Labute approximate surface area is 67.7 Å². The smallest absolute Gasteiger partial charge is 0.228 e. The van der Waals surface area contributed by atoms with Crippen molar-refractivity contribution in [3.05, 3.63) is 5.32 Å². The van der Waals surface area contributed by atoms with Crippen molar-refractivity contribution in [2.45, 2.75) is 0 Å². The number of nitrogens with zero attached hydrogens (tertiary/aromatic N) is 1. The van der Waals surface area contributed by atoms with Crippen molar-refractivity contribution in [2.24, 2.45) is 0 Å². The van der Waals surface area contributed by atoms with Gasteiger partial charge in [0.25, 0.3) is 0 Å². The van der Waals surface area contributed by atoms with Gasteiger partial charge in [-0.05, 0) is 0 Å². The fraction of sp³-hybridized carbons (Fsp3) is 0.667. The average Bonchev–Trinajstić information content (AvgIpc) is 1.65. The minimum Gasteiger partial charge on any atom is -0.620 e. The molecule has 0 saturated carbocycles. The molecule has 0 bridgehead atoms. The van der Waals surface area contributed by atoms with Crippen molar-refractivity contribution >= 4 is 6.09 Å². The van der Waals surface area contributed by atoms with Crippen molar-refractivity contribution < 1.29 is 42.2 Å². The largest absolute Gasteiger partial charge is 0.620 e. The monoisotopic (exact) mass is 177 g/mol. The molecule has 0 atom stereocenters. The van der Waals surface area contributed by atoms with E-state index in [2.05, 4.69) is 10.1 Å². The summed E-state index contributed by atoms with van der Waals surface area (Å²) in [5.41, 5.74) is 0. The van der Waals surface area contributed by atoms with Crippen LogP contribution in [-0.4, -0.2) is 20.3 Å². The molecule has 0 spiro atoms. The third kappa shape index (κ3) is 6.37. The van der Waals surface area contributed by atoms with E-state index in [1.807, 2.05) is 0 Å². The SMILES string of the molecule is C[N-]C(=O)OC.[Y]. The first-order valence-electron chi connectivity index (χ1n) is 1.49. The zero-order valence-electron chi connectivity index (χ0n) is 4.34. The molecule has 0 aromatic rings. The predicted molar refractivity (Wildman–Crippen MR) is 21.7 cm³/mol. The number of amides is 1. The molecule has 0 rings (SSSR count). The first kappa shape index (κ1) is 10.4. The van der Waals surface area contributed by atoms with Crippen LogP contribution >= 0.6 is 0 Å². The van der Waals surface area contributed by atoms with Crippen LogP contribution < -0.4 is 0 Å². The van der Waals surface area contributed by atoms with Gasteiger partial charge in [-0.25, -0.2) is 0 Å². The summed E-state index contributed by atoms with van der Waals surface area (Å²) in [7, 11) is 2.67. The molecule has 4 heteroatoms. The van der Waals surface area contributed by atoms with Gasteiger partial charge in [0.05, 0.1) is 7.11 Å². The number of methoxy groups -OCH3 is 1. The molecule has 0 unspecified atom stereocenters. The van der Waals surface area contributed by atoms with E-state index in [9.17, 15) is 4.79 Å². The van der Waals surface area contributed by atoms with Crippen LogP contribution in [0.5, 0.6) is 0 Å². The maximum absolute atomic E-state index is 9.79. The Morgan fingerprint density at radius 3 is 2.14 bits per heavy atom. The van der Waals surface area contributed by atoms with E-state index in [0.29, 0.717) is 0 Å². The fourth-order valence-electron chi connectivity index (χ4n) is 0.0913. The zero-order valence-corrected chi connectivity index (χ0v) is 7.18. The number of hydrogen-bond acceptors (Lipinski definition) is 2. The van der Waals surface area contributed by atoms with Gasteiger partial charge >= 0.3 is 0 Å². The van der Waals surface area contributed by atoms with Crippen molar-refractivity contribution in [2.75, 3.05) is 14.2 Å². The first-order valence-corrected chi connectivity index (χ1v) is 1.49. The molecule has 3 nitrogen and oxygen atoms in total. The van der Waals surface area contributed by atoms with Crippen LogP contribution in [0.3, 0.4) is 0 Å². The number of ether oxygens (including phenoxy) is 1. The maximum atomic E-state index is 9.79. The van der Waals surface area contributed by atoms with Crippen LogP contribution in [0.25, 0.3) is 5.32 Å². The molecule has 0 N–H and O–H groups in total. The standard InChI is InChI=1S/C3H7NO2.Y/c1-4-3(5)6-2;/h1-2H3,(H,4,5);/p-1. The molecule has 1 amide bonds. The molecule has 0 aliphatic rings. The second-order valence-corrected chi connectivity index (χ2v) is 0.694. The van der Waals surface area contributed by atoms with E-state index < -0.39 is 6.09 Å². The van der Waals surface area contributed by atoms with Gasteiger partial charge in [0.15, 0.2) is 0 Å². The van der Waals surface area contributed by atoms with Gasteiger partial charge in [-0.1, -0.05) is 0 Å². The molecule has 0 aliphatic carbocycles. The van der Waals surface area contributed by atoms with Crippen molar-refractivity contribution in [1.29, 1.82) is 0 Å². The average molecular weight is 177 g/mol. The number of carbonyl (C=O) groups excluding carboxylic acids is 1. The van der Waals surface area contributed by atoms with Gasteiger partial charge in [-0.3, -0.25) is 4.79 Å². The Morgan fingerprint density at radius 1 is 1.71 bits per heavy atom. The quantitative estimate of drug-likeness (QED) is 0.547. The summed E-state index contributed by atoms with van der Waals surface area (Å²) < 4.78 is 4.09. The number of rotatable bonds is 0. The van der Waals surface area contributed by atoms with E-state index in [0.717, 1.165) is 0 Å². The van der Waals surface area contributed by atoms with E-state index in [1.54, 1.807) is 0 Å². The molecule has 0 fully saturated rings. The van der Waals surface area contributed by atoms with Crippen LogP contribution in [-0.2, 0) is 37.4 Å². The minimum atomic E-state index is -0.532. The summed E-state index contributed by atoms with van der Waals surface area (Å²) in [5.74, 6) is 0. The van der Waals surface area contributed by atoms with Gasteiger partial charge in [-0.2, -0.15) is 0 Å². The molecular formula is C3H6NO2Y-. The van der Waals surface area contributed by atoms with Crippen molar-refractivity contribution in [3.8, 4) is 0 Å². The Bertz CT molecular complexity index is 50.9. The Balaban J connectivity index is 0. The molecule has 0 aromatic carbocycles. The van der Waals surface area contributed by atoms with E-state index in [-0.39, 0.29) is 32.7 Å². The normalized spacial score (nSPS) is 6.00. The number of carbonyl (C=O) groups is 1. The third-order valence-electron chi connectivity index (χ3n) is 0.357. The number of hydrogen-bond donors (Lipinski definition) is 0. The van der Waals surface area contributed by atoms with Crippen LogP contribution in [0, 0.1) is 0 Å². The summed E-state index contributed by atoms with van der Waals surface area (Å²) in [6.45, 7) is 0. The molecule has 0 saturated heterocycles. The predicted octanol–water partition coefficient (Wildman–Crippen LogP) is 0.754. The molecule has 0 aromatic heterocycles. The topological polar surface area (TPSA) is 40.4 Å². The summed E-state index contributed by atoms with van der Waals surface area (Å²) in [4.78, 5) is 9.79. The molecule has 7 heavy (non-hydrogen) atoms. The van der Waals surface area contributed by atoms with Crippen LogP contribution in [0.15, 0.2) is 0 Å². The second-order valence-electron chi connectivity index (χ2n) is 0.694. The van der Waals surface area contributed by atoms with Crippen molar-refractivity contribution in [1.82, 2.24) is 0 Å². The molecule has 1 radical (unpaired) electrons. The fourth-order valence-corrected chi connectivity index (χ4v) is 0.0913. The van der Waals surface area contributed by atoms with Crippen LogP contribution in [0.2, 0.25) is 0 Å². The van der Waals surface area contributed by atoms with Crippen LogP contribution in [0.4, 0.5) is 4.79 Å². The van der Waals surface area contributed by atoms with Gasteiger partial charge in [-0.15, -0.1) is 7.05 Å². The molecular weight excluding hydrogens is 171 g/mol. The van der Waals surface area contributed by atoms with Gasteiger partial charge in [0.1, 0.15) is 0 Å². The summed E-state index contributed by atoms with van der Waals surface area (Å²) >= 11 is 0. The third-order valence-corrected chi connectivity index (χ3v) is 0.357. The van der Waals surface area contributed by atoms with Crippen LogP contribution in [0.1, 0.15) is 0 Å². The van der Waals surface area contributed by atoms with E-state index in [1.165, 1.54) is 14.2 Å². The Kier molecular flexibility index (Phi) is 9.45. The second kappa shape index (κ2) is 6.37. The van der Waals surface area contributed by atoms with E-state index in [4.69, 9.17) is 0 Å². The van der Waals surface area contributed by atoms with Gasteiger partial charge < -0.3 is 10.1 Å². The zero-order chi connectivity index (χ0) is 4.99. The molecule has 39 valence electrons. The molecule has 0 heterocycles. The minimum absolute atomic E-state index is 0. The van der Waals surface area contributed by atoms with Crippen molar-refractivity contribution in [3.63, 3.8) is 0 Å².